The Balaban J connectivity index is 2.68. The Bertz CT molecular complexity index is 368. The van der Waals surface area contributed by atoms with Gasteiger partial charge in [-0.25, -0.2) is 4.98 Å². The highest BCUT2D eigenvalue weighted by Gasteiger charge is 2.04. The molecule has 0 amide bonds. The molecule has 0 fully saturated rings. The number of aromatic nitrogens is 2. The van der Waals surface area contributed by atoms with Crippen LogP contribution in [0.3, 0.4) is 0 Å². The van der Waals surface area contributed by atoms with Gasteiger partial charge >= 0.3 is 5.97 Å². The van der Waals surface area contributed by atoms with Crippen LogP contribution in [0.15, 0.2) is 6.07 Å². The number of hydrogen-bond donors (Lipinski definition) is 1. The predicted octanol–water partition coefficient (Wildman–Crippen LogP) is 0.769. The van der Waals surface area contributed by atoms with Crippen LogP contribution >= 0.6 is 0 Å². The third-order valence-corrected chi connectivity index (χ3v) is 1.75. The van der Waals surface area contributed by atoms with Crippen molar-refractivity contribution in [1.29, 1.82) is 0 Å². The summed E-state index contributed by atoms with van der Waals surface area (Å²) in [5.74, 6) is 1.26. The molecule has 6 heteroatoms. The van der Waals surface area contributed by atoms with Crippen LogP contribution in [0, 0.1) is 6.92 Å². The molecule has 0 aliphatic heterocycles. The Morgan fingerprint density at radius 3 is 2.88 bits per heavy atom. The summed E-state index contributed by atoms with van der Waals surface area (Å²) in [6.07, 6.45) is 0. The monoisotopic (exact) mass is 225 g/mol. The van der Waals surface area contributed by atoms with Gasteiger partial charge in [0.25, 0.3) is 0 Å². The zero-order valence-corrected chi connectivity index (χ0v) is 9.61. The number of anilines is 1. The number of rotatable bonds is 5. The number of nitrogens with zero attached hydrogens (tertiary/aromatic N) is 2. The number of aryl methyl sites for hydroxylation is 1. The molecule has 0 saturated heterocycles. The van der Waals surface area contributed by atoms with Gasteiger partial charge in [0.05, 0.1) is 13.7 Å². The minimum Gasteiger partial charge on any atom is -0.478 e. The molecule has 1 heterocycles. The first-order valence-electron chi connectivity index (χ1n) is 4.95. The summed E-state index contributed by atoms with van der Waals surface area (Å²) < 4.78 is 9.76. The molecular weight excluding hydrogens is 210 g/mol. The third-order valence-electron chi connectivity index (χ3n) is 1.75. The van der Waals surface area contributed by atoms with Gasteiger partial charge in [-0.1, -0.05) is 0 Å². The van der Waals surface area contributed by atoms with Gasteiger partial charge in [0.1, 0.15) is 18.2 Å². The van der Waals surface area contributed by atoms with E-state index >= 15 is 0 Å². The van der Waals surface area contributed by atoms with Crippen LogP contribution in [0.4, 0.5) is 5.82 Å². The first kappa shape index (κ1) is 12.2. The molecule has 0 aliphatic rings. The van der Waals surface area contributed by atoms with Crippen molar-refractivity contribution in [2.45, 2.75) is 13.8 Å². The summed E-state index contributed by atoms with van der Waals surface area (Å²) in [4.78, 5) is 19.1. The second-order valence-corrected chi connectivity index (χ2v) is 3.00. The quantitative estimate of drug-likeness (QED) is 0.746. The van der Waals surface area contributed by atoms with E-state index in [-0.39, 0.29) is 12.5 Å². The second kappa shape index (κ2) is 5.89. The average Bonchev–Trinajstić information content (AvgIpc) is 2.25. The number of nitrogens with one attached hydrogen (secondary N) is 1. The highest BCUT2D eigenvalue weighted by atomic mass is 16.5. The van der Waals surface area contributed by atoms with Gasteiger partial charge in [0.2, 0.25) is 5.88 Å². The van der Waals surface area contributed by atoms with Crippen molar-refractivity contribution in [1.82, 2.24) is 9.97 Å². The van der Waals surface area contributed by atoms with Crippen LogP contribution in [0.1, 0.15) is 12.7 Å². The standard InChI is InChI=1S/C10H15N3O3/c1-4-16-9-5-8(12-7(2)13-9)11-6-10(14)15-3/h5H,4,6H2,1-3H3,(H,11,12,13). The van der Waals surface area contributed by atoms with Gasteiger partial charge in [0, 0.05) is 6.07 Å². The average molecular weight is 225 g/mol. The van der Waals surface area contributed by atoms with Crippen molar-refractivity contribution in [2.75, 3.05) is 25.6 Å². The van der Waals surface area contributed by atoms with Crippen molar-refractivity contribution in [3.8, 4) is 5.88 Å². The summed E-state index contributed by atoms with van der Waals surface area (Å²) in [6, 6.07) is 1.64. The summed E-state index contributed by atoms with van der Waals surface area (Å²) in [6.45, 7) is 4.23. The lowest BCUT2D eigenvalue weighted by molar-refractivity contribution is -0.138. The first-order chi connectivity index (χ1) is 7.65. The van der Waals surface area contributed by atoms with E-state index in [1.54, 1.807) is 13.0 Å². The third kappa shape index (κ3) is 3.72. The highest BCUT2D eigenvalue weighted by molar-refractivity contribution is 5.74. The van der Waals surface area contributed by atoms with E-state index in [0.717, 1.165) is 0 Å². The van der Waals surface area contributed by atoms with E-state index in [0.29, 0.717) is 24.1 Å². The number of ether oxygens (including phenoxy) is 2. The van der Waals surface area contributed by atoms with Gasteiger partial charge in [-0.15, -0.1) is 0 Å². The van der Waals surface area contributed by atoms with Crippen LogP contribution < -0.4 is 10.1 Å². The lowest BCUT2D eigenvalue weighted by atomic mass is 10.5. The fraction of sp³-hybridized carbons (Fsp3) is 0.500. The summed E-state index contributed by atoms with van der Waals surface area (Å²) in [5.41, 5.74) is 0. The van der Waals surface area contributed by atoms with Crippen molar-refractivity contribution >= 4 is 11.8 Å². The first-order valence-corrected chi connectivity index (χ1v) is 4.95. The fourth-order valence-electron chi connectivity index (χ4n) is 1.09. The van der Waals surface area contributed by atoms with Gasteiger partial charge < -0.3 is 14.8 Å². The van der Waals surface area contributed by atoms with Crippen molar-refractivity contribution in [3.05, 3.63) is 11.9 Å². The number of esters is 1. The molecule has 1 aromatic rings. The van der Waals surface area contributed by atoms with E-state index in [2.05, 4.69) is 20.0 Å². The van der Waals surface area contributed by atoms with Crippen LogP contribution in [-0.2, 0) is 9.53 Å². The molecule has 0 aromatic carbocycles. The summed E-state index contributed by atoms with van der Waals surface area (Å²) >= 11 is 0. The summed E-state index contributed by atoms with van der Waals surface area (Å²) in [7, 11) is 1.33. The molecule has 1 N–H and O–H groups in total. The normalized spacial score (nSPS) is 9.69. The Kier molecular flexibility index (Phi) is 4.50. The minimum absolute atomic E-state index is 0.0680. The van der Waals surface area contributed by atoms with Gasteiger partial charge in [-0.05, 0) is 13.8 Å². The molecular formula is C10H15N3O3. The number of methoxy groups -OCH3 is 1. The zero-order chi connectivity index (χ0) is 12.0. The Labute approximate surface area is 94.0 Å². The minimum atomic E-state index is -0.353. The molecule has 0 unspecified atom stereocenters. The number of carbonyl (C=O) groups is 1. The number of hydrogen-bond acceptors (Lipinski definition) is 6. The molecule has 1 rings (SSSR count). The molecule has 16 heavy (non-hydrogen) atoms. The van der Waals surface area contributed by atoms with Crippen LogP contribution in [0.2, 0.25) is 0 Å². The molecule has 0 spiro atoms. The van der Waals surface area contributed by atoms with Gasteiger partial charge in [-0.3, -0.25) is 4.79 Å². The van der Waals surface area contributed by atoms with Crippen molar-refractivity contribution in [2.24, 2.45) is 0 Å². The highest BCUT2D eigenvalue weighted by Crippen LogP contribution is 2.12. The SMILES string of the molecule is CCOc1cc(NCC(=O)OC)nc(C)n1. The van der Waals surface area contributed by atoms with E-state index in [9.17, 15) is 4.79 Å². The van der Waals surface area contributed by atoms with Gasteiger partial charge in [0.15, 0.2) is 0 Å². The van der Waals surface area contributed by atoms with Crippen molar-refractivity contribution in [3.63, 3.8) is 0 Å². The van der Waals surface area contributed by atoms with Crippen LogP contribution in [0.25, 0.3) is 0 Å². The molecule has 0 atom stereocenters. The molecule has 0 saturated carbocycles. The van der Waals surface area contributed by atoms with Gasteiger partial charge in [-0.2, -0.15) is 4.98 Å². The second-order valence-electron chi connectivity index (χ2n) is 3.00. The zero-order valence-electron chi connectivity index (χ0n) is 9.61. The predicted molar refractivity (Wildman–Crippen MR) is 58.4 cm³/mol. The summed E-state index contributed by atoms with van der Waals surface area (Å²) in [5, 5.41) is 2.83. The molecule has 0 bridgehead atoms. The smallest absolute Gasteiger partial charge is 0.325 e. The lowest BCUT2D eigenvalue weighted by Crippen LogP contribution is -2.16. The molecule has 6 nitrogen and oxygen atoms in total. The molecule has 0 radical (unpaired) electrons. The topological polar surface area (TPSA) is 73.3 Å². The molecule has 0 aliphatic carbocycles. The Morgan fingerprint density at radius 2 is 2.25 bits per heavy atom. The van der Waals surface area contributed by atoms with Crippen LogP contribution in [-0.4, -0.2) is 36.2 Å². The van der Waals surface area contributed by atoms with E-state index in [4.69, 9.17) is 4.74 Å². The fourth-order valence-corrected chi connectivity index (χ4v) is 1.09. The number of carbonyl (C=O) groups excluding carboxylic acids is 1. The van der Waals surface area contributed by atoms with E-state index in [1.807, 2.05) is 6.92 Å². The maximum Gasteiger partial charge on any atom is 0.325 e. The van der Waals surface area contributed by atoms with E-state index in [1.165, 1.54) is 7.11 Å². The van der Waals surface area contributed by atoms with E-state index < -0.39 is 0 Å². The Morgan fingerprint density at radius 1 is 1.50 bits per heavy atom. The van der Waals surface area contributed by atoms with Crippen molar-refractivity contribution < 1.29 is 14.3 Å². The van der Waals surface area contributed by atoms with Crippen LogP contribution in [0.5, 0.6) is 5.88 Å². The lowest BCUT2D eigenvalue weighted by Gasteiger charge is -2.07. The molecule has 88 valence electrons. The Hall–Kier alpha value is -1.85. The molecule has 1 aromatic heterocycles. The maximum atomic E-state index is 10.9. The maximum absolute atomic E-state index is 10.9. The largest absolute Gasteiger partial charge is 0.478 e.